The number of aryl methyl sites for hydroxylation is 1. The third-order valence-electron chi connectivity index (χ3n) is 3.98. The van der Waals surface area contributed by atoms with Gasteiger partial charge in [0.05, 0.1) is 5.60 Å². The molecule has 0 amide bonds. The number of piperidine rings is 1. The lowest BCUT2D eigenvalue weighted by Crippen LogP contribution is -2.45. The standard InChI is InChI=1S/C15H22ClNO/c1-11(2)17-8-6-15(18,7-9-17)13-5-4-12(3)10-14(13)16/h4-5,10-11,18H,6-9H2,1-3H3. The van der Waals surface area contributed by atoms with E-state index in [9.17, 15) is 5.11 Å². The van der Waals surface area contributed by atoms with E-state index < -0.39 is 5.60 Å². The van der Waals surface area contributed by atoms with Crippen LogP contribution in [-0.4, -0.2) is 29.1 Å². The van der Waals surface area contributed by atoms with Crippen LogP contribution in [0.15, 0.2) is 18.2 Å². The van der Waals surface area contributed by atoms with Gasteiger partial charge in [0.15, 0.2) is 0 Å². The van der Waals surface area contributed by atoms with Crippen molar-refractivity contribution in [3.8, 4) is 0 Å². The summed E-state index contributed by atoms with van der Waals surface area (Å²) in [5, 5.41) is 11.5. The van der Waals surface area contributed by atoms with Crippen LogP contribution in [-0.2, 0) is 5.60 Å². The quantitative estimate of drug-likeness (QED) is 0.888. The molecule has 0 saturated carbocycles. The molecule has 1 aromatic rings. The lowest BCUT2D eigenvalue weighted by molar-refractivity contribution is -0.0323. The number of nitrogens with zero attached hydrogens (tertiary/aromatic N) is 1. The normalized spacial score (nSPS) is 20.3. The van der Waals surface area contributed by atoms with Crippen LogP contribution in [0.25, 0.3) is 0 Å². The molecule has 1 heterocycles. The first-order valence-corrected chi connectivity index (χ1v) is 7.03. The van der Waals surface area contributed by atoms with Crippen molar-refractivity contribution < 1.29 is 5.11 Å². The van der Waals surface area contributed by atoms with E-state index in [2.05, 4.69) is 18.7 Å². The minimum atomic E-state index is -0.754. The highest BCUT2D eigenvalue weighted by Crippen LogP contribution is 2.37. The molecule has 0 aromatic heterocycles. The fraction of sp³-hybridized carbons (Fsp3) is 0.600. The number of rotatable bonds is 2. The zero-order valence-corrected chi connectivity index (χ0v) is 12.2. The molecule has 18 heavy (non-hydrogen) atoms. The van der Waals surface area contributed by atoms with Gasteiger partial charge in [-0.15, -0.1) is 0 Å². The highest BCUT2D eigenvalue weighted by atomic mass is 35.5. The molecule has 0 bridgehead atoms. The van der Waals surface area contributed by atoms with Gasteiger partial charge in [0.2, 0.25) is 0 Å². The van der Waals surface area contributed by atoms with Crippen LogP contribution in [0.2, 0.25) is 5.02 Å². The summed E-state index contributed by atoms with van der Waals surface area (Å²) in [6.45, 7) is 8.27. The Balaban J connectivity index is 2.18. The topological polar surface area (TPSA) is 23.5 Å². The van der Waals surface area contributed by atoms with E-state index in [0.29, 0.717) is 11.1 Å². The summed E-state index contributed by atoms with van der Waals surface area (Å²) in [7, 11) is 0. The molecular formula is C15H22ClNO. The average molecular weight is 268 g/mol. The Morgan fingerprint density at radius 2 is 1.89 bits per heavy atom. The largest absolute Gasteiger partial charge is 0.385 e. The van der Waals surface area contributed by atoms with Gasteiger partial charge in [-0.05, 0) is 45.2 Å². The number of likely N-dealkylation sites (tertiary alicyclic amines) is 1. The van der Waals surface area contributed by atoms with Crippen molar-refractivity contribution >= 4 is 11.6 Å². The summed E-state index contributed by atoms with van der Waals surface area (Å²) in [6.07, 6.45) is 1.52. The maximum atomic E-state index is 10.8. The fourth-order valence-corrected chi connectivity index (χ4v) is 3.09. The van der Waals surface area contributed by atoms with Crippen LogP contribution >= 0.6 is 11.6 Å². The smallest absolute Gasteiger partial charge is 0.0935 e. The highest BCUT2D eigenvalue weighted by Gasteiger charge is 2.35. The van der Waals surface area contributed by atoms with Crippen LogP contribution in [0.1, 0.15) is 37.8 Å². The van der Waals surface area contributed by atoms with Crippen LogP contribution < -0.4 is 0 Å². The van der Waals surface area contributed by atoms with E-state index in [1.54, 1.807) is 0 Å². The molecule has 2 nitrogen and oxygen atoms in total. The average Bonchev–Trinajstić information content (AvgIpc) is 2.29. The van der Waals surface area contributed by atoms with E-state index in [1.165, 1.54) is 0 Å². The first kappa shape index (κ1) is 13.9. The van der Waals surface area contributed by atoms with Crippen LogP contribution in [0.5, 0.6) is 0 Å². The van der Waals surface area contributed by atoms with E-state index in [4.69, 9.17) is 11.6 Å². The number of benzene rings is 1. The molecule has 3 heteroatoms. The lowest BCUT2D eigenvalue weighted by Gasteiger charge is -2.40. The molecule has 0 aliphatic carbocycles. The molecule has 1 aromatic carbocycles. The summed E-state index contributed by atoms with van der Waals surface area (Å²) in [5.41, 5.74) is 1.26. The minimum absolute atomic E-state index is 0.544. The predicted molar refractivity (Wildman–Crippen MR) is 76.0 cm³/mol. The van der Waals surface area contributed by atoms with Crippen molar-refractivity contribution in [2.24, 2.45) is 0 Å². The summed E-state index contributed by atoms with van der Waals surface area (Å²) >= 11 is 6.28. The predicted octanol–water partition coefficient (Wildman–Crippen LogP) is 3.34. The number of hydrogen-bond acceptors (Lipinski definition) is 2. The third kappa shape index (κ3) is 2.71. The van der Waals surface area contributed by atoms with Gasteiger partial charge in [0.25, 0.3) is 0 Å². The van der Waals surface area contributed by atoms with Crippen molar-refractivity contribution in [1.82, 2.24) is 4.90 Å². The molecular weight excluding hydrogens is 246 g/mol. The molecule has 2 rings (SSSR count). The Bertz CT molecular complexity index is 423. The molecule has 0 radical (unpaired) electrons. The van der Waals surface area contributed by atoms with Gasteiger partial charge in [-0.3, -0.25) is 0 Å². The van der Waals surface area contributed by atoms with E-state index in [-0.39, 0.29) is 0 Å². The maximum absolute atomic E-state index is 10.8. The van der Waals surface area contributed by atoms with Crippen LogP contribution in [0.3, 0.4) is 0 Å². The molecule has 0 spiro atoms. The van der Waals surface area contributed by atoms with E-state index in [1.807, 2.05) is 25.1 Å². The maximum Gasteiger partial charge on any atom is 0.0935 e. The molecule has 0 atom stereocenters. The second-order valence-corrected chi connectivity index (χ2v) is 6.05. The van der Waals surface area contributed by atoms with Crippen LogP contribution in [0.4, 0.5) is 0 Å². The van der Waals surface area contributed by atoms with Gasteiger partial charge in [0, 0.05) is 29.7 Å². The summed E-state index contributed by atoms with van der Waals surface area (Å²) in [6, 6.07) is 6.48. The Hall–Kier alpha value is -0.570. The third-order valence-corrected chi connectivity index (χ3v) is 4.29. The van der Waals surface area contributed by atoms with Crippen molar-refractivity contribution in [3.63, 3.8) is 0 Å². The van der Waals surface area contributed by atoms with Gasteiger partial charge in [-0.2, -0.15) is 0 Å². The lowest BCUT2D eigenvalue weighted by atomic mass is 9.83. The molecule has 1 N–H and O–H groups in total. The Morgan fingerprint density at radius 1 is 1.28 bits per heavy atom. The Morgan fingerprint density at radius 3 is 2.39 bits per heavy atom. The van der Waals surface area contributed by atoms with Crippen molar-refractivity contribution in [2.45, 2.75) is 45.3 Å². The van der Waals surface area contributed by atoms with Crippen molar-refractivity contribution in [2.75, 3.05) is 13.1 Å². The molecule has 1 fully saturated rings. The Labute approximate surface area is 115 Å². The minimum Gasteiger partial charge on any atom is -0.385 e. The first-order valence-electron chi connectivity index (χ1n) is 6.65. The summed E-state index contributed by atoms with van der Waals surface area (Å²) < 4.78 is 0. The molecule has 1 aliphatic rings. The fourth-order valence-electron chi connectivity index (χ4n) is 2.68. The van der Waals surface area contributed by atoms with Crippen LogP contribution in [0, 0.1) is 6.92 Å². The summed E-state index contributed by atoms with van der Waals surface area (Å²) in [5.74, 6) is 0. The number of halogens is 1. The van der Waals surface area contributed by atoms with Gasteiger partial charge >= 0.3 is 0 Å². The van der Waals surface area contributed by atoms with Gasteiger partial charge < -0.3 is 10.0 Å². The van der Waals surface area contributed by atoms with Crippen molar-refractivity contribution in [3.05, 3.63) is 34.3 Å². The van der Waals surface area contributed by atoms with E-state index in [0.717, 1.165) is 37.1 Å². The SMILES string of the molecule is Cc1ccc(C2(O)CCN(C(C)C)CC2)c(Cl)c1. The van der Waals surface area contributed by atoms with Gasteiger partial charge in [-0.1, -0.05) is 23.7 Å². The second-order valence-electron chi connectivity index (χ2n) is 5.64. The van der Waals surface area contributed by atoms with Crippen molar-refractivity contribution in [1.29, 1.82) is 0 Å². The molecule has 0 unspecified atom stereocenters. The summed E-state index contributed by atoms with van der Waals surface area (Å²) in [4.78, 5) is 2.40. The molecule has 100 valence electrons. The number of hydrogen-bond donors (Lipinski definition) is 1. The monoisotopic (exact) mass is 267 g/mol. The molecule has 1 saturated heterocycles. The zero-order chi connectivity index (χ0) is 13.3. The second kappa shape index (κ2) is 5.20. The van der Waals surface area contributed by atoms with Gasteiger partial charge in [0.1, 0.15) is 0 Å². The van der Waals surface area contributed by atoms with Gasteiger partial charge in [-0.25, -0.2) is 0 Å². The first-order chi connectivity index (χ1) is 8.42. The number of aliphatic hydroxyl groups is 1. The Kier molecular flexibility index (Phi) is 4.00. The molecule has 1 aliphatic heterocycles. The highest BCUT2D eigenvalue weighted by molar-refractivity contribution is 6.31. The zero-order valence-electron chi connectivity index (χ0n) is 11.4. The van der Waals surface area contributed by atoms with E-state index >= 15 is 0 Å².